The zero-order valence-corrected chi connectivity index (χ0v) is 13.5. The van der Waals surface area contributed by atoms with Crippen molar-refractivity contribution in [2.75, 3.05) is 6.54 Å². The molecule has 1 fully saturated rings. The molecule has 0 heterocycles. The van der Waals surface area contributed by atoms with Gasteiger partial charge in [-0.1, -0.05) is 52.8 Å². The van der Waals surface area contributed by atoms with Gasteiger partial charge in [-0.3, -0.25) is 0 Å². The number of hydrogen-bond acceptors (Lipinski definition) is 1. The predicted octanol–water partition coefficient (Wildman–Crippen LogP) is 4.52. The fourth-order valence-electron chi connectivity index (χ4n) is 3.25. The minimum Gasteiger partial charge on any atom is -0.314 e. The van der Waals surface area contributed by atoms with E-state index in [9.17, 15) is 4.39 Å². The third kappa shape index (κ3) is 3.06. The van der Waals surface area contributed by atoms with Crippen molar-refractivity contribution in [2.24, 2.45) is 11.3 Å². The molecule has 20 heavy (non-hydrogen) atoms. The Morgan fingerprint density at radius 1 is 1.25 bits per heavy atom. The van der Waals surface area contributed by atoms with Crippen LogP contribution < -0.4 is 5.32 Å². The van der Waals surface area contributed by atoms with Crippen molar-refractivity contribution in [3.63, 3.8) is 0 Å². The molecular formula is C18H28FN. The Balaban J connectivity index is 2.22. The smallest absolute Gasteiger partial charge is 0.127 e. The van der Waals surface area contributed by atoms with Crippen LogP contribution in [0.3, 0.4) is 0 Å². The molecule has 0 spiro atoms. The molecule has 1 aromatic rings. The van der Waals surface area contributed by atoms with Crippen molar-refractivity contribution in [2.45, 2.75) is 58.9 Å². The maximum atomic E-state index is 14.2. The van der Waals surface area contributed by atoms with Gasteiger partial charge >= 0.3 is 0 Å². The number of rotatable bonds is 4. The third-order valence-corrected chi connectivity index (χ3v) is 4.79. The van der Waals surface area contributed by atoms with Crippen molar-refractivity contribution >= 4 is 0 Å². The van der Waals surface area contributed by atoms with Gasteiger partial charge < -0.3 is 5.32 Å². The summed E-state index contributed by atoms with van der Waals surface area (Å²) in [7, 11) is 0. The molecule has 0 radical (unpaired) electrons. The molecule has 1 saturated carbocycles. The van der Waals surface area contributed by atoms with E-state index in [1.807, 2.05) is 12.1 Å². The minimum absolute atomic E-state index is 0.0203. The topological polar surface area (TPSA) is 12.0 Å². The molecule has 0 aliphatic heterocycles. The summed E-state index contributed by atoms with van der Waals surface area (Å²) in [5.74, 6) is 0.626. The molecule has 1 aliphatic rings. The van der Waals surface area contributed by atoms with Crippen molar-refractivity contribution in [3.05, 3.63) is 35.6 Å². The van der Waals surface area contributed by atoms with Crippen LogP contribution in [0.4, 0.5) is 4.39 Å². The van der Waals surface area contributed by atoms with Crippen LogP contribution in [0.25, 0.3) is 0 Å². The van der Waals surface area contributed by atoms with E-state index in [0.717, 1.165) is 24.9 Å². The van der Waals surface area contributed by atoms with E-state index in [4.69, 9.17) is 0 Å². The number of hydrogen-bond donors (Lipinski definition) is 1. The number of halogens is 1. The summed E-state index contributed by atoms with van der Waals surface area (Å²) < 4.78 is 14.2. The molecule has 2 heteroatoms. The molecule has 0 atom stereocenters. The van der Waals surface area contributed by atoms with Crippen LogP contribution in [0.15, 0.2) is 24.3 Å². The first-order valence-electron chi connectivity index (χ1n) is 7.73. The van der Waals surface area contributed by atoms with E-state index in [-0.39, 0.29) is 11.2 Å². The fraction of sp³-hybridized carbons (Fsp3) is 0.667. The Kier molecular flexibility index (Phi) is 4.24. The molecule has 0 unspecified atom stereocenters. The summed E-state index contributed by atoms with van der Waals surface area (Å²) in [5, 5.41) is 3.52. The van der Waals surface area contributed by atoms with E-state index >= 15 is 0 Å². The highest BCUT2D eigenvalue weighted by molar-refractivity contribution is 5.31. The van der Waals surface area contributed by atoms with Gasteiger partial charge in [0.15, 0.2) is 0 Å². The van der Waals surface area contributed by atoms with E-state index in [0.29, 0.717) is 17.4 Å². The van der Waals surface area contributed by atoms with Crippen LogP contribution in [-0.2, 0) is 5.41 Å². The molecule has 2 rings (SSSR count). The number of nitrogens with one attached hydrogen (secondary N) is 1. The fourth-order valence-corrected chi connectivity index (χ4v) is 3.25. The standard InChI is InChI=1S/C18H28FN/c1-13(2)20-12-18(10-14(11-18)17(3,4)5)15-8-6-7-9-16(15)19/h6-9,13-14,20H,10-12H2,1-5H3. The average molecular weight is 277 g/mol. The molecule has 0 bridgehead atoms. The van der Waals surface area contributed by atoms with Gasteiger partial charge in [-0.05, 0) is 35.8 Å². The zero-order chi connectivity index (χ0) is 15.0. The van der Waals surface area contributed by atoms with E-state index < -0.39 is 0 Å². The summed E-state index contributed by atoms with van der Waals surface area (Å²) in [6.07, 6.45) is 2.16. The molecule has 0 aromatic heterocycles. The Bertz CT molecular complexity index is 453. The molecule has 0 saturated heterocycles. The second-order valence-electron chi connectivity index (χ2n) is 7.77. The summed E-state index contributed by atoms with van der Waals surface area (Å²) in [6.45, 7) is 12.0. The highest BCUT2D eigenvalue weighted by atomic mass is 19.1. The first kappa shape index (κ1) is 15.5. The second-order valence-corrected chi connectivity index (χ2v) is 7.77. The lowest BCUT2D eigenvalue weighted by molar-refractivity contribution is 0.0415. The lowest BCUT2D eigenvalue weighted by Crippen LogP contribution is -2.53. The van der Waals surface area contributed by atoms with E-state index in [2.05, 4.69) is 39.9 Å². The predicted molar refractivity (Wildman–Crippen MR) is 83.4 cm³/mol. The summed E-state index contributed by atoms with van der Waals surface area (Å²) in [5.41, 5.74) is 1.19. The Morgan fingerprint density at radius 2 is 1.85 bits per heavy atom. The largest absolute Gasteiger partial charge is 0.314 e. The summed E-state index contributed by atoms with van der Waals surface area (Å²) in [4.78, 5) is 0. The number of benzene rings is 1. The van der Waals surface area contributed by atoms with E-state index in [1.165, 1.54) is 0 Å². The molecule has 1 aromatic carbocycles. The van der Waals surface area contributed by atoms with Crippen molar-refractivity contribution < 1.29 is 4.39 Å². The van der Waals surface area contributed by atoms with Crippen LogP contribution in [-0.4, -0.2) is 12.6 Å². The van der Waals surface area contributed by atoms with Crippen molar-refractivity contribution in [3.8, 4) is 0 Å². The van der Waals surface area contributed by atoms with Gasteiger partial charge in [-0.15, -0.1) is 0 Å². The molecule has 1 aliphatic carbocycles. The molecule has 0 amide bonds. The van der Waals surface area contributed by atoms with Gasteiger partial charge in [0, 0.05) is 18.0 Å². The second kappa shape index (κ2) is 5.48. The van der Waals surface area contributed by atoms with Gasteiger partial charge in [0.1, 0.15) is 5.82 Å². The van der Waals surface area contributed by atoms with Crippen LogP contribution in [0.2, 0.25) is 0 Å². The molecule has 112 valence electrons. The zero-order valence-electron chi connectivity index (χ0n) is 13.5. The highest BCUT2D eigenvalue weighted by Gasteiger charge is 2.50. The molecule has 1 N–H and O–H groups in total. The lowest BCUT2D eigenvalue weighted by Gasteiger charge is -2.53. The minimum atomic E-state index is -0.0505. The van der Waals surface area contributed by atoms with Crippen LogP contribution in [0, 0.1) is 17.2 Å². The van der Waals surface area contributed by atoms with Crippen molar-refractivity contribution in [1.82, 2.24) is 5.32 Å². The third-order valence-electron chi connectivity index (χ3n) is 4.79. The average Bonchev–Trinajstić information content (AvgIpc) is 2.27. The maximum absolute atomic E-state index is 14.2. The first-order valence-corrected chi connectivity index (χ1v) is 7.73. The van der Waals surface area contributed by atoms with Crippen molar-refractivity contribution in [1.29, 1.82) is 0 Å². The molecular weight excluding hydrogens is 249 g/mol. The van der Waals surface area contributed by atoms with Crippen LogP contribution >= 0.6 is 0 Å². The van der Waals surface area contributed by atoms with Gasteiger partial charge in [0.25, 0.3) is 0 Å². The maximum Gasteiger partial charge on any atom is 0.127 e. The Labute approximate surface area is 123 Å². The monoisotopic (exact) mass is 277 g/mol. The Hall–Kier alpha value is -0.890. The van der Waals surface area contributed by atoms with Gasteiger partial charge in [-0.2, -0.15) is 0 Å². The van der Waals surface area contributed by atoms with Gasteiger partial charge in [-0.25, -0.2) is 4.39 Å². The quantitative estimate of drug-likeness (QED) is 0.853. The summed E-state index contributed by atoms with van der Waals surface area (Å²) in [6, 6.07) is 7.74. The highest BCUT2D eigenvalue weighted by Crippen LogP contribution is 2.54. The Morgan fingerprint density at radius 3 is 2.35 bits per heavy atom. The summed E-state index contributed by atoms with van der Waals surface area (Å²) >= 11 is 0. The SMILES string of the molecule is CC(C)NCC1(c2ccccc2F)CC(C(C)(C)C)C1. The normalized spacial score (nSPS) is 26.6. The van der Waals surface area contributed by atoms with Crippen LogP contribution in [0.1, 0.15) is 53.0 Å². The lowest BCUT2D eigenvalue weighted by atomic mass is 9.52. The van der Waals surface area contributed by atoms with E-state index in [1.54, 1.807) is 12.1 Å². The van der Waals surface area contributed by atoms with Gasteiger partial charge in [0.05, 0.1) is 0 Å². The first-order chi connectivity index (χ1) is 9.24. The van der Waals surface area contributed by atoms with Crippen LogP contribution in [0.5, 0.6) is 0 Å². The molecule has 1 nitrogen and oxygen atoms in total. The van der Waals surface area contributed by atoms with Gasteiger partial charge in [0.2, 0.25) is 0 Å².